The minimum Gasteiger partial charge on any atom is -0.396 e. The number of aliphatic hydroxyl groups is 1. The number of rotatable bonds is 4. The zero-order valence-corrected chi connectivity index (χ0v) is 8.03. The van der Waals surface area contributed by atoms with Crippen LogP contribution < -0.4 is 0 Å². The quantitative estimate of drug-likeness (QED) is 0.698. The monoisotopic (exact) mass is 176 g/mol. The maximum Gasteiger partial charge on any atom is 0.0499 e. The molecule has 1 heteroatoms. The third-order valence-electron chi connectivity index (χ3n) is 2.24. The Balaban J connectivity index is 2.62. The van der Waals surface area contributed by atoms with Gasteiger partial charge >= 0.3 is 0 Å². The first-order valence-electron chi connectivity index (χ1n) is 4.54. The molecule has 0 radical (unpaired) electrons. The molecule has 1 aromatic carbocycles. The summed E-state index contributed by atoms with van der Waals surface area (Å²) < 4.78 is 0. The van der Waals surface area contributed by atoms with Gasteiger partial charge in [-0.15, -0.1) is 0 Å². The van der Waals surface area contributed by atoms with E-state index < -0.39 is 0 Å². The van der Waals surface area contributed by atoms with Gasteiger partial charge in [-0.25, -0.2) is 0 Å². The van der Waals surface area contributed by atoms with Crippen molar-refractivity contribution in [2.75, 3.05) is 6.61 Å². The molecule has 0 bridgehead atoms. The van der Waals surface area contributed by atoms with Crippen molar-refractivity contribution in [3.63, 3.8) is 0 Å². The van der Waals surface area contributed by atoms with Gasteiger partial charge < -0.3 is 5.11 Å². The van der Waals surface area contributed by atoms with Crippen LogP contribution in [-0.2, 0) is 6.42 Å². The van der Waals surface area contributed by atoms with Crippen molar-refractivity contribution in [3.8, 4) is 0 Å². The molecule has 1 N–H and O–H groups in total. The molecule has 1 nitrogen and oxygen atoms in total. The fourth-order valence-electron chi connectivity index (χ4n) is 1.29. The summed E-state index contributed by atoms with van der Waals surface area (Å²) in [6.45, 7) is 6.01. The number of aliphatic hydroxyl groups excluding tert-OH is 1. The molecule has 0 heterocycles. The van der Waals surface area contributed by atoms with E-state index in [1.165, 1.54) is 5.56 Å². The molecule has 13 heavy (non-hydrogen) atoms. The van der Waals surface area contributed by atoms with Gasteiger partial charge in [-0.1, -0.05) is 42.5 Å². The largest absolute Gasteiger partial charge is 0.396 e. The third-order valence-corrected chi connectivity index (χ3v) is 2.24. The highest BCUT2D eigenvalue weighted by molar-refractivity contribution is 5.17. The van der Waals surface area contributed by atoms with Gasteiger partial charge in [0.15, 0.2) is 0 Å². The first-order chi connectivity index (χ1) is 6.24. The van der Waals surface area contributed by atoms with Crippen LogP contribution in [0.15, 0.2) is 42.5 Å². The topological polar surface area (TPSA) is 20.2 Å². The second-order valence-electron chi connectivity index (χ2n) is 3.42. The van der Waals surface area contributed by atoms with Gasteiger partial charge in [0, 0.05) is 12.5 Å². The molecule has 70 valence electrons. The zero-order valence-electron chi connectivity index (χ0n) is 8.03. The van der Waals surface area contributed by atoms with E-state index in [1.54, 1.807) is 0 Å². The van der Waals surface area contributed by atoms with E-state index in [2.05, 4.69) is 18.7 Å². The van der Waals surface area contributed by atoms with Crippen molar-refractivity contribution in [1.82, 2.24) is 0 Å². The van der Waals surface area contributed by atoms with Crippen LogP contribution in [0.2, 0.25) is 0 Å². The predicted molar refractivity (Wildman–Crippen MR) is 55.5 cm³/mol. The Bertz CT molecular complexity index is 264. The lowest BCUT2D eigenvalue weighted by Gasteiger charge is -2.13. The molecule has 0 aliphatic carbocycles. The Kier molecular flexibility index (Phi) is 3.71. The molecular weight excluding hydrogens is 160 g/mol. The maximum atomic E-state index is 9.10. The highest BCUT2D eigenvalue weighted by Gasteiger charge is 2.08. The van der Waals surface area contributed by atoms with Crippen LogP contribution in [0.4, 0.5) is 0 Å². The summed E-state index contributed by atoms with van der Waals surface area (Å²) in [4.78, 5) is 0. The lowest BCUT2D eigenvalue weighted by atomic mass is 9.94. The highest BCUT2D eigenvalue weighted by atomic mass is 16.3. The van der Waals surface area contributed by atoms with Crippen molar-refractivity contribution in [3.05, 3.63) is 48.0 Å². The van der Waals surface area contributed by atoms with Crippen molar-refractivity contribution in [2.45, 2.75) is 13.3 Å². The molecule has 1 rings (SSSR count). The van der Waals surface area contributed by atoms with E-state index in [9.17, 15) is 0 Å². The molecule has 0 saturated carbocycles. The van der Waals surface area contributed by atoms with Gasteiger partial charge in [0.1, 0.15) is 0 Å². The van der Waals surface area contributed by atoms with E-state index in [0.29, 0.717) is 0 Å². The molecule has 0 amide bonds. The van der Waals surface area contributed by atoms with Gasteiger partial charge in [0.05, 0.1) is 0 Å². The van der Waals surface area contributed by atoms with E-state index in [-0.39, 0.29) is 12.5 Å². The molecule has 1 unspecified atom stereocenters. The summed E-state index contributed by atoms with van der Waals surface area (Å²) in [5, 5.41) is 9.10. The fraction of sp³-hybridized carbons (Fsp3) is 0.333. The normalized spacial score (nSPS) is 12.5. The summed E-state index contributed by atoms with van der Waals surface area (Å²) in [7, 11) is 0. The Morgan fingerprint density at radius 3 is 2.46 bits per heavy atom. The summed E-state index contributed by atoms with van der Waals surface area (Å²) in [5.74, 6) is 0.197. The fourth-order valence-corrected chi connectivity index (χ4v) is 1.29. The first kappa shape index (κ1) is 10.0. The molecule has 1 atom stereocenters. The lowest BCUT2D eigenvalue weighted by molar-refractivity contribution is 0.246. The minimum absolute atomic E-state index is 0.185. The molecule has 0 saturated heterocycles. The predicted octanol–water partition coefficient (Wildman–Crippen LogP) is 2.41. The highest BCUT2D eigenvalue weighted by Crippen LogP contribution is 2.14. The summed E-state index contributed by atoms with van der Waals surface area (Å²) in [5.41, 5.74) is 2.30. The summed E-state index contributed by atoms with van der Waals surface area (Å²) in [6, 6.07) is 10.2. The first-order valence-corrected chi connectivity index (χ1v) is 4.54. The van der Waals surface area contributed by atoms with Crippen LogP contribution in [-0.4, -0.2) is 11.7 Å². The molecule has 0 aliphatic heterocycles. The van der Waals surface area contributed by atoms with Crippen molar-refractivity contribution >= 4 is 0 Å². The number of benzene rings is 1. The zero-order chi connectivity index (χ0) is 9.68. The second-order valence-corrected chi connectivity index (χ2v) is 3.42. The Morgan fingerprint density at radius 2 is 2.00 bits per heavy atom. The molecule has 0 aromatic heterocycles. The summed E-state index contributed by atoms with van der Waals surface area (Å²) >= 11 is 0. The molecule has 0 spiro atoms. The van der Waals surface area contributed by atoms with Crippen LogP contribution in [0.3, 0.4) is 0 Å². The number of hydrogen-bond acceptors (Lipinski definition) is 1. The van der Waals surface area contributed by atoms with Gasteiger partial charge in [-0.3, -0.25) is 0 Å². The molecule has 1 aromatic rings. The van der Waals surface area contributed by atoms with Crippen LogP contribution in [0.1, 0.15) is 12.5 Å². The Hall–Kier alpha value is -1.08. The summed E-state index contributed by atoms with van der Waals surface area (Å²) in [6.07, 6.45) is 0.882. The SMILES string of the molecule is C=C(C)C(CO)Cc1ccccc1. The van der Waals surface area contributed by atoms with E-state index in [0.717, 1.165) is 12.0 Å². The molecule has 0 aliphatic rings. The lowest BCUT2D eigenvalue weighted by Crippen LogP contribution is -2.10. The van der Waals surface area contributed by atoms with Crippen LogP contribution >= 0.6 is 0 Å². The average Bonchev–Trinajstić information content (AvgIpc) is 2.15. The van der Waals surface area contributed by atoms with Crippen LogP contribution in [0.25, 0.3) is 0 Å². The average molecular weight is 176 g/mol. The van der Waals surface area contributed by atoms with Crippen LogP contribution in [0.5, 0.6) is 0 Å². The van der Waals surface area contributed by atoms with Crippen molar-refractivity contribution in [2.24, 2.45) is 5.92 Å². The maximum absolute atomic E-state index is 9.10. The standard InChI is InChI=1S/C12H16O/c1-10(2)12(9-13)8-11-6-4-3-5-7-11/h3-7,12-13H,1,8-9H2,2H3. The van der Waals surface area contributed by atoms with Crippen molar-refractivity contribution < 1.29 is 5.11 Å². The molecule has 0 fully saturated rings. The van der Waals surface area contributed by atoms with E-state index >= 15 is 0 Å². The Morgan fingerprint density at radius 1 is 1.38 bits per heavy atom. The van der Waals surface area contributed by atoms with Gasteiger partial charge in [-0.2, -0.15) is 0 Å². The van der Waals surface area contributed by atoms with Gasteiger partial charge in [0.2, 0.25) is 0 Å². The second kappa shape index (κ2) is 4.83. The number of hydrogen-bond donors (Lipinski definition) is 1. The van der Waals surface area contributed by atoms with E-state index in [1.807, 2.05) is 25.1 Å². The third kappa shape index (κ3) is 3.03. The smallest absolute Gasteiger partial charge is 0.0499 e. The van der Waals surface area contributed by atoms with E-state index in [4.69, 9.17) is 5.11 Å². The molecular formula is C12H16O. The van der Waals surface area contributed by atoms with Gasteiger partial charge in [0.25, 0.3) is 0 Å². The minimum atomic E-state index is 0.185. The van der Waals surface area contributed by atoms with Crippen LogP contribution in [0, 0.1) is 5.92 Å². The Labute approximate surface area is 79.7 Å². The van der Waals surface area contributed by atoms with Crippen molar-refractivity contribution in [1.29, 1.82) is 0 Å². The van der Waals surface area contributed by atoms with Gasteiger partial charge in [-0.05, 0) is 18.9 Å².